The van der Waals surface area contributed by atoms with Gasteiger partial charge in [-0.15, -0.1) is 0 Å². The topological polar surface area (TPSA) is 67.5 Å². The van der Waals surface area contributed by atoms with Crippen molar-refractivity contribution in [1.29, 1.82) is 0 Å². The molecule has 0 unspecified atom stereocenters. The molecule has 3 aromatic carbocycles. The van der Waals surface area contributed by atoms with Crippen LogP contribution in [0.1, 0.15) is 28.1 Å². The number of alkyl halides is 3. The number of nitrogens with zero attached hydrogens (tertiary/aromatic N) is 1. The van der Waals surface area contributed by atoms with E-state index < -0.39 is 11.7 Å². The lowest BCUT2D eigenvalue weighted by atomic mass is 9.97. The predicted octanol–water partition coefficient (Wildman–Crippen LogP) is 6.66. The number of halogens is 3. The number of rotatable bonds is 8. The minimum Gasteiger partial charge on any atom is -0.487 e. The first-order valence-electron chi connectivity index (χ1n) is 10.8. The van der Waals surface area contributed by atoms with Crippen LogP contribution in [0.5, 0.6) is 5.75 Å². The minimum atomic E-state index is -4.40. The van der Waals surface area contributed by atoms with E-state index in [1.165, 1.54) is 12.1 Å². The molecule has 0 aliphatic heterocycles. The van der Waals surface area contributed by atoms with Crippen molar-refractivity contribution in [1.82, 2.24) is 10.5 Å². The molecule has 0 amide bonds. The van der Waals surface area contributed by atoms with E-state index in [2.05, 4.69) is 10.5 Å². The summed E-state index contributed by atoms with van der Waals surface area (Å²) in [5, 5.41) is 9.05. The quantitative estimate of drug-likeness (QED) is 0.276. The Hall–Kier alpha value is -3.88. The molecule has 0 bridgehead atoms. The molecule has 0 fully saturated rings. The highest BCUT2D eigenvalue weighted by atomic mass is 19.4. The van der Waals surface area contributed by atoms with E-state index in [1.54, 1.807) is 6.92 Å². The number of hydrogen-bond acceptors (Lipinski definition) is 5. The van der Waals surface area contributed by atoms with Crippen LogP contribution in [0.4, 0.5) is 13.2 Å². The number of oxazole rings is 1. The Balaban J connectivity index is 1.51. The lowest BCUT2D eigenvalue weighted by Gasteiger charge is -2.11. The molecule has 2 N–H and O–H groups in total. The summed E-state index contributed by atoms with van der Waals surface area (Å²) < 4.78 is 50.1. The van der Waals surface area contributed by atoms with Gasteiger partial charge in [-0.2, -0.15) is 13.2 Å². The molecule has 1 heterocycles. The first kappa shape index (κ1) is 24.3. The number of aryl methyl sites for hydroxylation is 1. The Bertz CT molecular complexity index is 1300. The Morgan fingerprint density at radius 3 is 2.40 bits per heavy atom. The molecule has 180 valence electrons. The maximum Gasteiger partial charge on any atom is 0.416 e. The smallest absolute Gasteiger partial charge is 0.416 e. The second-order valence-electron chi connectivity index (χ2n) is 7.76. The predicted molar refractivity (Wildman–Crippen MR) is 126 cm³/mol. The number of hydroxylamine groups is 1. The normalized spacial score (nSPS) is 12.1. The van der Waals surface area contributed by atoms with Gasteiger partial charge < -0.3 is 14.4 Å². The highest BCUT2D eigenvalue weighted by Crippen LogP contribution is 2.31. The summed E-state index contributed by atoms with van der Waals surface area (Å²) >= 11 is 0. The van der Waals surface area contributed by atoms with E-state index in [0.717, 1.165) is 28.8 Å². The molecule has 4 aromatic rings. The summed E-state index contributed by atoms with van der Waals surface area (Å²) in [6, 6.07) is 22.0. The molecule has 0 spiro atoms. The van der Waals surface area contributed by atoms with Crippen LogP contribution in [0.3, 0.4) is 0 Å². The van der Waals surface area contributed by atoms with Crippen molar-refractivity contribution >= 4 is 5.57 Å². The fourth-order valence-electron chi connectivity index (χ4n) is 3.56. The molecule has 4 rings (SSSR count). The number of hydrogen-bond donors (Lipinski definition) is 2. The summed E-state index contributed by atoms with van der Waals surface area (Å²) in [5.74, 6) is 1.36. The Morgan fingerprint density at radius 1 is 1.00 bits per heavy atom. The highest BCUT2D eigenvalue weighted by Gasteiger charge is 2.30. The van der Waals surface area contributed by atoms with Crippen LogP contribution in [0.15, 0.2) is 89.4 Å². The zero-order valence-electron chi connectivity index (χ0n) is 18.8. The van der Waals surface area contributed by atoms with Crippen LogP contribution in [0, 0.1) is 6.92 Å². The Morgan fingerprint density at radius 2 is 1.71 bits per heavy atom. The van der Waals surface area contributed by atoms with Gasteiger partial charge in [-0.1, -0.05) is 48.5 Å². The van der Waals surface area contributed by atoms with Crippen LogP contribution in [-0.2, 0) is 12.8 Å². The average Bonchev–Trinajstić information content (AvgIpc) is 3.24. The monoisotopic (exact) mass is 480 g/mol. The van der Waals surface area contributed by atoms with Crippen molar-refractivity contribution in [2.75, 3.05) is 6.54 Å². The van der Waals surface area contributed by atoms with Crippen LogP contribution < -0.4 is 10.2 Å². The van der Waals surface area contributed by atoms with Crippen LogP contribution in [0.2, 0.25) is 0 Å². The second kappa shape index (κ2) is 10.6. The van der Waals surface area contributed by atoms with Gasteiger partial charge in [0.15, 0.2) is 0 Å². The zero-order chi connectivity index (χ0) is 24.8. The second-order valence-corrected chi connectivity index (χ2v) is 7.76. The van der Waals surface area contributed by atoms with Gasteiger partial charge in [0.1, 0.15) is 23.8 Å². The van der Waals surface area contributed by atoms with Gasteiger partial charge in [0.25, 0.3) is 0 Å². The zero-order valence-corrected chi connectivity index (χ0v) is 18.8. The molecule has 0 atom stereocenters. The largest absolute Gasteiger partial charge is 0.487 e. The molecule has 0 saturated heterocycles. The van der Waals surface area contributed by atoms with Gasteiger partial charge in [-0.25, -0.2) is 10.5 Å². The van der Waals surface area contributed by atoms with Crippen LogP contribution in [0.25, 0.3) is 17.0 Å². The van der Waals surface area contributed by atoms with Gasteiger partial charge in [-0.05, 0) is 60.0 Å². The molecule has 8 heteroatoms. The third-order valence-corrected chi connectivity index (χ3v) is 5.35. The van der Waals surface area contributed by atoms with Gasteiger partial charge >= 0.3 is 6.18 Å². The molecule has 0 radical (unpaired) electrons. The number of ether oxygens (including phenoxy) is 1. The van der Waals surface area contributed by atoms with E-state index in [0.29, 0.717) is 22.8 Å². The number of benzene rings is 3. The van der Waals surface area contributed by atoms with Crippen molar-refractivity contribution in [3.05, 3.63) is 113 Å². The number of nitrogens with one attached hydrogen (secondary N) is 1. The SMILES string of the molecule is Cc1oc(-c2ccc(C(F)(F)F)cc2)nc1COc1cccc(/C(=C/CNO)c2ccccc2)c1. The summed E-state index contributed by atoms with van der Waals surface area (Å²) in [6.45, 7) is 2.13. The Kier molecular flexibility index (Phi) is 7.33. The van der Waals surface area contributed by atoms with Crippen LogP contribution in [-0.4, -0.2) is 16.7 Å². The third kappa shape index (κ3) is 5.98. The molecule has 0 aliphatic rings. The molecular formula is C27H23F3N2O3. The average molecular weight is 480 g/mol. The van der Waals surface area contributed by atoms with Gasteiger partial charge in [0.2, 0.25) is 5.89 Å². The molecule has 1 aromatic heterocycles. The fourth-order valence-corrected chi connectivity index (χ4v) is 3.56. The lowest BCUT2D eigenvalue weighted by Crippen LogP contribution is -2.06. The van der Waals surface area contributed by atoms with E-state index in [1.807, 2.05) is 60.7 Å². The van der Waals surface area contributed by atoms with Gasteiger partial charge in [0, 0.05) is 12.1 Å². The molecule has 5 nitrogen and oxygen atoms in total. The molecular weight excluding hydrogens is 457 g/mol. The summed E-state index contributed by atoms with van der Waals surface area (Å²) in [5.41, 5.74) is 5.25. The fraction of sp³-hybridized carbons (Fsp3) is 0.148. The standard InChI is InChI=1S/C27H23F3N2O3/c1-18-25(32-26(35-18)20-10-12-22(13-11-20)27(28,29)30)17-34-23-9-5-8-21(16-23)24(14-15-31-33)19-6-3-2-4-7-19/h2-14,16,31,33H,15,17H2,1H3/b24-14+. The van der Waals surface area contributed by atoms with Gasteiger partial charge in [0.05, 0.1) is 5.56 Å². The Labute approximate surface area is 200 Å². The third-order valence-electron chi connectivity index (χ3n) is 5.35. The lowest BCUT2D eigenvalue weighted by molar-refractivity contribution is -0.137. The maximum atomic E-state index is 12.8. The highest BCUT2D eigenvalue weighted by molar-refractivity contribution is 5.80. The van der Waals surface area contributed by atoms with Gasteiger partial charge in [-0.3, -0.25) is 0 Å². The van der Waals surface area contributed by atoms with E-state index in [-0.39, 0.29) is 19.0 Å². The minimum absolute atomic E-state index is 0.127. The summed E-state index contributed by atoms with van der Waals surface area (Å²) in [4.78, 5) is 4.41. The van der Waals surface area contributed by atoms with E-state index >= 15 is 0 Å². The van der Waals surface area contributed by atoms with Crippen molar-refractivity contribution in [3.8, 4) is 17.2 Å². The first-order chi connectivity index (χ1) is 16.8. The van der Waals surface area contributed by atoms with Crippen molar-refractivity contribution in [2.45, 2.75) is 19.7 Å². The molecule has 0 aliphatic carbocycles. The van der Waals surface area contributed by atoms with Crippen molar-refractivity contribution in [2.24, 2.45) is 0 Å². The molecule has 0 saturated carbocycles. The first-order valence-corrected chi connectivity index (χ1v) is 10.8. The van der Waals surface area contributed by atoms with E-state index in [9.17, 15) is 13.2 Å². The summed E-state index contributed by atoms with van der Waals surface area (Å²) in [7, 11) is 0. The maximum absolute atomic E-state index is 12.8. The van der Waals surface area contributed by atoms with Crippen LogP contribution >= 0.6 is 0 Å². The molecule has 35 heavy (non-hydrogen) atoms. The van der Waals surface area contributed by atoms with Crippen molar-refractivity contribution < 1.29 is 27.5 Å². The number of aromatic nitrogens is 1. The van der Waals surface area contributed by atoms with E-state index in [4.69, 9.17) is 14.4 Å². The van der Waals surface area contributed by atoms with Crippen molar-refractivity contribution in [3.63, 3.8) is 0 Å². The summed E-state index contributed by atoms with van der Waals surface area (Å²) in [6.07, 6.45) is -2.52.